The van der Waals surface area contributed by atoms with Crippen molar-refractivity contribution in [2.75, 3.05) is 7.11 Å². The lowest BCUT2D eigenvalue weighted by Gasteiger charge is -2.48. The maximum atomic E-state index is 12.9. The molecule has 3 aromatic rings. The Bertz CT molecular complexity index is 1210. The molecule has 3 aliphatic rings. The van der Waals surface area contributed by atoms with E-state index < -0.39 is 11.9 Å². The summed E-state index contributed by atoms with van der Waals surface area (Å²) in [6.07, 6.45) is 2.37. The third-order valence-electron chi connectivity index (χ3n) is 6.57. The Balaban J connectivity index is 1.60. The summed E-state index contributed by atoms with van der Waals surface area (Å²) in [5.74, 6) is 0.796. The smallest absolute Gasteiger partial charge is 0.241 e. The topological polar surface area (TPSA) is 44.8 Å². The van der Waals surface area contributed by atoms with Crippen LogP contribution in [0.2, 0.25) is 0 Å². The Morgan fingerprint density at radius 2 is 1.83 bits per heavy atom. The number of methoxy groups -OCH3 is 1. The van der Waals surface area contributed by atoms with Crippen molar-refractivity contribution in [3.05, 3.63) is 88.7 Å². The number of rotatable bonds is 2. The molecule has 0 fully saturated rings. The molecule has 0 radical (unpaired) electrons. The molecule has 0 N–H and O–H groups in total. The first kappa shape index (κ1) is 17.7. The minimum Gasteiger partial charge on any atom is -0.497 e. The Labute approximate surface area is 175 Å². The van der Waals surface area contributed by atoms with Gasteiger partial charge in [-0.05, 0) is 52.6 Å². The molecular formula is C26H22O4. The highest BCUT2D eigenvalue weighted by molar-refractivity contribution is 5.98. The second-order valence-corrected chi connectivity index (χ2v) is 8.23. The highest BCUT2D eigenvalue weighted by atomic mass is 16.7. The predicted molar refractivity (Wildman–Crippen MR) is 113 cm³/mol. The number of benzene rings is 3. The van der Waals surface area contributed by atoms with E-state index >= 15 is 0 Å². The van der Waals surface area contributed by atoms with E-state index in [0.29, 0.717) is 18.4 Å². The summed E-state index contributed by atoms with van der Waals surface area (Å²) >= 11 is 0. The van der Waals surface area contributed by atoms with Crippen molar-refractivity contribution in [1.29, 1.82) is 0 Å². The van der Waals surface area contributed by atoms with Crippen LogP contribution in [-0.4, -0.2) is 12.9 Å². The SMILES string of the molecule is COc1ccc([C@]23Cc4c(ccc5ccccc45)[C@H](O2)C2=C(CCCC2=O)O3)cc1. The van der Waals surface area contributed by atoms with E-state index in [1.807, 2.05) is 24.3 Å². The van der Waals surface area contributed by atoms with Gasteiger partial charge < -0.3 is 14.2 Å². The first-order valence-corrected chi connectivity index (χ1v) is 10.5. The van der Waals surface area contributed by atoms with Crippen LogP contribution >= 0.6 is 0 Å². The normalized spacial score (nSPS) is 24.8. The minimum atomic E-state index is -0.940. The molecule has 0 amide bonds. The lowest BCUT2D eigenvalue weighted by atomic mass is 9.79. The quantitative estimate of drug-likeness (QED) is 0.584. The maximum Gasteiger partial charge on any atom is 0.241 e. The Kier molecular flexibility index (Phi) is 3.81. The van der Waals surface area contributed by atoms with Gasteiger partial charge in [0.05, 0.1) is 12.7 Å². The fourth-order valence-electron chi connectivity index (χ4n) is 5.10. The maximum absolute atomic E-state index is 12.9. The largest absolute Gasteiger partial charge is 0.497 e. The molecule has 1 aliphatic carbocycles. The Hall–Kier alpha value is -3.11. The van der Waals surface area contributed by atoms with Gasteiger partial charge in [0, 0.05) is 24.8 Å². The standard InChI is InChI=1S/C26H22O4/c1-28-18-12-10-17(11-13-18)26-15-21-19-6-3-2-5-16(19)9-14-20(21)25(30-26)24-22(27)7-4-8-23(24)29-26/h2-3,5-6,9-14,25H,4,7-8,15H2,1H3/t25-,26-/m0/s1. The van der Waals surface area contributed by atoms with E-state index in [1.165, 1.54) is 16.3 Å². The number of allylic oxidation sites excluding steroid dienone is 1. The molecule has 0 saturated heterocycles. The zero-order chi connectivity index (χ0) is 20.3. The van der Waals surface area contributed by atoms with E-state index in [2.05, 4.69) is 36.4 Å². The molecule has 150 valence electrons. The number of fused-ring (bicyclic) bond motifs is 7. The summed E-state index contributed by atoms with van der Waals surface area (Å²) in [5, 5.41) is 2.38. The van der Waals surface area contributed by atoms with Gasteiger partial charge in [0.25, 0.3) is 0 Å². The van der Waals surface area contributed by atoms with Gasteiger partial charge in [-0.1, -0.05) is 36.4 Å². The number of hydrogen-bond acceptors (Lipinski definition) is 4. The molecule has 0 unspecified atom stereocenters. The zero-order valence-corrected chi connectivity index (χ0v) is 16.8. The van der Waals surface area contributed by atoms with Gasteiger partial charge in [-0.2, -0.15) is 0 Å². The molecule has 0 spiro atoms. The van der Waals surface area contributed by atoms with Crippen LogP contribution in [0.25, 0.3) is 10.8 Å². The summed E-state index contributed by atoms with van der Waals surface area (Å²) in [7, 11) is 1.66. The molecule has 0 aromatic heterocycles. The second kappa shape index (κ2) is 6.44. The van der Waals surface area contributed by atoms with Crippen molar-refractivity contribution in [1.82, 2.24) is 0 Å². The summed E-state index contributed by atoms with van der Waals surface area (Å²) in [4.78, 5) is 12.9. The van der Waals surface area contributed by atoms with E-state index in [4.69, 9.17) is 14.2 Å². The van der Waals surface area contributed by atoms with E-state index in [-0.39, 0.29) is 5.78 Å². The first-order valence-electron chi connectivity index (χ1n) is 10.5. The lowest BCUT2D eigenvalue weighted by molar-refractivity contribution is -0.270. The number of carbonyl (C=O) groups is 1. The van der Waals surface area contributed by atoms with Crippen LogP contribution in [0, 0.1) is 0 Å². The number of ether oxygens (including phenoxy) is 3. The summed E-state index contributed by atoms with van der Waals surface area (Å²) in [6.45, 7) is 0. The molecule has 2 bridgehead atoms. The number of ketones is 1. The van der Waals surface area contributed by atoms with Crippen molar-refractivity contribution in [3.8, 4) is 5.75 Å². The second-order valence-electron chi connectivity index (χ2n) is 8.23. The monoisotopic (exact) mass is 398 g/mol. The van der Waals surface area contributed by atoms with Crippen molar-refractivity contribution >= 4 is 16.6 Å². The lowest BCUT2D eigenvalue weighted by Crippen LogP contribution is -2.46. The number of hydrogen-bond donors (Lipinski definition) is 0. The van der Waals surface area contributed by atoms with Crippen LogP contribution in [0.15, 0.2) is 72.0 Å². The summed E-state index contributed by atoms with van der Waals surface area (Å²) in [5.41, 5.74) is 3.94. The molecule has 4 heteroatoms. The average molecular weight is 398 g/mol. The Morgan fingerprint density at radius 1 is 1.00 bits per heavy atom. The van der Waals surface area contributed by atoms with E-state index in [0.717, 1.165) is 35.5 Å². The fourth-order valence-corrected chi connectivity index (χ4v) is 5.10. The molecule has 2 aliphatic heterocycles. The van der Waals surface area contributed by atoms with Crippen LogP contribution < -0.4 is 4.74 Å². The predicted octanol–water partition coefficient (Wildman–Crippen LogP) is 5.35. The Morgan fingerprint density at radius 3 is 2.67 bits per heavy atom. The van der Waals surface area contributed by atoms with Crippen molar-refractivity contribution in [2.24, 2.45) is 0 Å². The van der Waals surface area contributed by atoms with Crippen LogP contribution in [0.1, 0.15) is 42.1 Å². The van der Waals surface area contributed by atoms with Crippen LogP contribution in [0.3, 0.4) is 0 Å². The van der Waals surface area contributed by atoms with Gasteiger partial charge >= 0.3 is 0 Å². The van der Waals surface area contributed by atoms with Gasteiger partial charge in [-0.25, -0.2) is 0 Å². The van der Waals surface area contributed by atoms with Gasteiger partial charge in [-0.15, -0.1) is 0 Å². The molecule has 6 rings (SSSR count). The average Bonchev–Trinajstić information content (AvgIpc) is 2.79. The molecular weight excluding hydrogens is 376 g/mol. The summed E-state index contributed by atoms with van der Waals surface area (Å²) in [6, 6.07) is 20.5. The van der Waals surface area contributed by atoms with Crippen molar-refractivity contribution in [3.63, 3.8) is 0 Å². The van der Waals surface area contributed by atoms with Crippen LogP contribution in [0.5, 0.6) is 5.75 Å². The molecule has 3 aromatic carbocycles. The zero-order valence-electron chi connectivity index (χ0n) is 16.8. The fraction of sp³-hybridized carbons (Fsp3) is 0.269. The van der Waals surface area contributed by atoms with Gasteiger partial charge in [-0.3, -0.25) is 4.79 Å². The number of Topliss-reactive ketones (excluding diaryl/α,β-unsaturated/α-hetero) is 1. The highest BCUT2D eigenvalue weighted by Crippen LogP contribution is 2.54. The van der Waals surface area contributed by atoms with E-state index in [9.17, 15) is 4.79 Å². The number of carbonyl (C=O) groups excluding carboxylic acids is 1. The molecule has 4 nitrogen and oxygen atoms in total. The minimum absolute atomic E-state index is 0.144. The van der Waals surface area contributed by atoms with Crippen molar-refractivity contribution < 1.29 is 19.0 Å². The molecule has 0 saturated carbocycles. The molecule has 30 heavy (non-hydrogen) atoms. The van der Waals surface area contributed by atoms with Gasteiger partial charge in [0.2, 0.25) is 5.79 Å². The van der Waals surface area contributed by atoms with Crippen LogP contribution in [0.4, 0.5) is 0 Å². The van der Waals surface area contributed by atoms with Crippen LogP contribution in [-0.2, 0) is 26.5 Å². The van der Waals surface area contributed by atoms with Gasteiger partial charge in [0.15, 0.2) is 5.78 Å². The molecule has 2 heterocycles. The molecule has 2 atom stereocenters. The summed E-state index contributed by atoms with van der Waals surface area (Å²) < 4.78 is 18.6. The van der Waals surface area contributed by atoms with E-state index in [1.54, 1.807) is 7.11 Å². The van der Waals surface area contributed by atoms with Crippen molar-refractivity contribution in [2.45, 2.75) is 37.6 Å². The van der Waals surface area contributed by atoms with Gasteiger partial charge in [0.1, 0.15) is 17.6 Å². The third-order valence-corrected chi connectivity index (χ3v) is 6.57. The third kappa shape index (κ3) is 2.47. The highest BCUT2D eigenvalue weighted by Gasteiger charge is 2.51. The first-order chi connectivity index (χ1) is 14.7.